The number of carbonyl (C=O) groups is 1. The minimum atomic E-state index is -5.91. The van der Waals surface area contributed by atoms with Gasteiger partial charge in [0.25, 0.3) is 5.41 Å². The zero-order valence-corrected chi connectivity index (χ0v) is 7.74. The van der Waals surface area contributed by atoms with Gasteiger partial charge < -0.3 is 4.74 Å². The molecule has 0 spiro atoms. The summed E-state index contributed by atoms with van der Waals surface area (Å²) in [6.45, 7) is 0. The molecular weight excluding hydrogens is 244 g/mol. The summed E-state index contributed by atoms with van der Waals surface area (Å²) >= 11 is 0. The maximum Gasteiger partial charge on any atom is 0.416 e. The number of hydrogen-bond donors (Lipinski definition) is 0. The maximum absolute atomic E-state index is 12.2. The number of methoxy groups -OCH3 is 1. The molecule has 0 radical (unpaired) electrons. The molecule has 0 aromatic heterocycles. The van der Waals surface area contributed by atoms with Crippen LogP contribution in [0.15, 0.2) is 0 Å². The highest BCUT2D eigenvalue weighted by atomic mass is 19.4. The van der Waals surface area contributed by atoms with Crippen molar-refractivity contribution in [3.05, 3.63) is 0 Å². The Morgan fingerprint density at radius 1 is 1.19 bits per heavy atom. The SMILES string of the molecule is COC(=O)CC(C#N)(C(F)(F)F)C(F)(F)F. The van der Waals surface area contributed by atoms with Crippen LogP contribution in [0, 0.1) is 16.7 Å². The van der Waals surface area contributed by atoms with Gasteiger partial charge in [-0.2, -0.15) is 31.6 Å². The van der Waals surface area contributed by atoms with Crippen molar-refractivity contribution >= 4 is 5.97 Å². The summed E-state index contributed by atoms with van der Waals surface area (Å²) in [6.07, 6.45) is -13.9. The van der Waals surface area contributed by atoms with Crippen molar-refractivity contribution in [3.8, 4) is 6.07 Å². The van der Waals surface area contributed by atoms with Gasteiger partial charge in [-0.3, -0.25) is 4.79 Å². The summed E-state index contributed by atoms with van der Waals surface area (Å²) in [6, 6.07) is 0.110. The Hall–Kier alpha value is -1.46. The van der Waals surface area contributed by atoms with Crippen LogP contribution < -0.4 is 0 Å². The second-order valence-corrected chi connectivity index (χ2v) is 2.77. The molecule has 0 heterocycles. The van der Waals surface area contributed by atoms with Crippen LogP contribution in [0.25, 0.3) is 0 Å². The lowest BCUT2D eigenvalue weighted by atomic mass is 9.84. The minimum absolute atomic E-state index is 0.110. The quantitative estimate of drug-likeness (QED) is 0.556. The van der Waals surface area contributed by atoms with Crippen LogP contribution in [-0.4, -0.2) is 25.4 Å². The molecule has 16 heavy (non-hydrogen) atoms. The Balaban J connectivity index is 5.53. The van der Waals surface area contributed by atoms with E-state index in [0.29, 0.717) is 7.11 Å². The lowest BCUT2D eigenvalue weighted by Crippen LogP contribution is -2.50. The molecule has 0 N–H and O–H groups in total. The normalized spacial score (nSPS) is 13.1. The lowest BCUT2D eigenvalue weighted by molar-refractivity contribution is -0.318. The molecule has 0 aromatic rings. The number of ether oxygens (including phenoxy) is 1. The third-order valence-electron chi connectivity index (χ3n) is 1.80. The summed E-state index contributed by atoms with van der Waals surface area (Å²) in [4.78, 5) is 10.5. The zero-order chi connectivity index (χ0) is 13.2. The fraction of sp³-hybridized carbons (Fsp3) is 0.714. The summed E-state index contributed by atoms with van der Waals surface area (Å²) in [7, 11) is 0.622. The Labute approximate surface area is 85.6 Å². The fourth-order valence-corrected chi connectivity index (χ4v) is 0.816. The van der Waals surface area contributed by atoms with Gasteiger partial charge in [0.15, 0.2) is 0 Å². The molecule has 3 nitrogen and oxygen atoms in total. The molecule has 0 fully saturated rings. The number of halogens is 6. The number of rotatable bonds is 2. The van der Waals surface area contributed by atoms with Crippen LogP contribution in [0.1, 0.15) is 6.42 Å². The fourth-order valence-electron chi connectivity index (χ4n) is 0.816. The minimum Gasteiger partial charge on any atom is -0.469 e. The highest BCUT2D eigenvalue weighted by molar-refractivity contribution is 5.71. The first-order chi connectivity index (χ1) is 7.02. The first kappa shape index (κ1) is 14.5. The van der Waals surface area contributed by atoms with Gasteiger partial charge in [-0.25, -0.2) is 0 Å². The third-order valence-corrected chi connectivity index (χ3v) is 1.80. The van der Waals surface area contributed by atoms with Gasteiger partial charge in [-0.1, -0.05) is 0 Å². The third kappa shape index (κ3) is 2.37. The molecule has 0 saturated carbocycles. The molecular formula is C7H5F6NO2. The van der Waals surface area contributed by atoms with Crippen molar-refractivity contribution in [1.29, 1.82) is 5.26 Å². The average molecular weight is 249 g/mol. The number of hydrogen-bond acceptors (Lipinski definition) is 3. The van der Waals surface area contributed by atoms with Crippen molar-refractivity contribution in [2.75, 3.05) is 7.11 Å². The molecule has 0 amide bonds. The smallest absolute Gasteiger partial charge is 0.416 e. The van der Waals surface area contributed by atoms with E-state index >= 15 is 0 Å². The zero-order valence-electron chi connectivity index (χ0n) is 7.74. The Kier molecular flexibility index (Phi) is 3.81. The second-order valence-electron chi connectivity index (χ2n) is 2.77. The average Bonchev–Trinajstić information content (AvgIpc) is 2.09. The van der Waals surface area contributed by atoms with Crippen LogP contribution in [0.3, 0.4) is 0 Å². The molecule has 92 valence electrons. The van der Waals surface area contributed by atoms with E-state index in [1.54, 1.807) is 0 Å². The molecule has 0 saturated heterocycles. The van der Waals surface area contributed by atoms with Gasteiger partial charge in [-0.05, 0) is 0 Å². The molecule has 0 atom stereocenters. The van der Waals surface area contributed by atoms with E-state index in [2.05, 4.69) is 4.74 Å². The van der Waals surface area contributed by atoms with E-state index in [9.17, 15) is 31.1 Å². The Bertz CT molecular complexity index is 298. The number of nitriles is 1. The van der Waals surface area contributed by atoms with E-state index in [1.165, 1.54) is 0 Å². The van der Waals surface area contributed by atoms with Gasteiger partial charge >= 0.3 is 18.3 Å². The van der Waals surface area contributed by atoms with Crippen LogP contribution >= 0.6 is 0 Å². The number of esters is 1. The van der Waals surface area contributed by atoms with Crippen molar-refractivity contribution in [2.24, 2.45) is 5.41 Å². The van der Waals surface area contributed by atoms with E-state index in [1.807, 2.05) is 0 Å². The van der Waals surface area contributed by atoms with E-state index < -0.39 is 30.2 Å². The Morgan fingerprint density at radius 3 is 1.75 bits per heavy atom. The topological polar surface area (TPSA) is 50.1 Å². The van der Waals surface area contributed by atoms with Gasteiger partial charge in [0.1, 0.15) is 0 Å². The first-order valence-electron chi connectivity index (χ1n) is 3.63. The second kappa shape index (κ2) is 4.19. The van der Waals surface area contributed by atoms with E-state index in [4.69, 9.17) is 5.26 Å². The van der Waals surface area contributed by atoms with Crippen molar-refractivity contribution in [1.82, 2.24) is 0 Å². The van der Waals surface area contributed by atoms with Gasteiger partial charge in [0, 0.05) is 0 Å². The maximum atomic E-state index is 12.2. The highest BCUT2D eigenvalue weighted by Gasteiger charge is 2.72. The summed E-state index contributed by atoms with van der Waals surface area (Å²) in [5, 5.41) is 8.09. The lowest BCUT2D eigenvalue weighted by Gasteiger charge is -2.29. The standard InChI is InChI=1S/C7H5F6NO2/c1-16-4(15)2-5(3-14,6(8,9)10)7(11,12)13/h2H2,1H3. The summed E-state index contributed by atoms with van der Waals surface area (Å²) < 4.78 is 77.0. The predicted octanol–water partition coefficient (Wildman–Crippen LogP) is 2.18. The summed E-state index contributed by atoms with van der Waals surface area (Å²) in [5.41, 5.74) is -4.73. The van der Waals surface area contributed by atoms with Gasteiger partial charge in [-0.15, -0.1) is 0 Å². The molecule has 0 rings (SSSR count). The number of carbonyl (C=O) groups excluding carboxylic acids is 1. The van der Waals surface area contributed by atoms with Gasteiger partial charge in [0.2, 0.25) is 0 Å². The van der Waals surface area contributed by atoms with E-state index in [-0.39, 0.29) is 6.07 Å². The van der Waals surface area contributed by atoms with Crippen molar-refractivity contribution in [3.63, 3.8) is 0 Å². The monoisotopic (exact) mass is 249 g/mol. The van der Waals surface area contributed by atoms with Crippen LogP contribution in [0.2, 0.25) is 0 Å². The van der Waals surface area contributed by atoms with Crippen molar-refractivity contribution in [2.45, 2.75) is 18.8 Å². The molecule has 0 aliphatic carbocycles. The Morgan fingerprint density at radius 2 is 1.56 bits per heavy atom. The number of alkyl halides is 6. The predicted molar refractivity (Wildman–Crippen MR) is 36.8 cm³/mol. The van der Waals surface area contributed by atoms with Gasteiger partial charge in [0.05, 0.1) is 19.6 Å². The van der Waals surface area contributed by atoms with E-state index in [0.717, 1.165) is 0 Å². The van der Waals surface area contributed by atoms with Crippen LogP contribution in [-0.2, 0) is 9.53 Å². The molecule has 0 aromatic carbocycles. The molecule has 9 heteroatoms. The molecule has 0 bridgehead atoms. The van der Waals surface area contributed by atoms with Crippen molar-refractivity contribution < 1.29 is 35.9 Å². The highest BCUT2D eigenvalue weighted by Crippen LogP contribution is 2.52. The number of nitrogens with zero attached hydrogens (tertiary/aromatic N) is 1. The largest absolute Gasteiger partial charge is 0.469 e. The molecule has 0 aliphatic heterocycles. The van der Waals surface area contributed by atoms with Crippen LogP contribution in [0.5, 0.6) is 0 Å². The molecule has 0 unspecified atom stereocenters. The van der Waals surface area contributed by atoms with Crippen LogP contribution in [0.4, 0.5) is 26.3 Å². The molecule has 0 aliphatic rings. The first-order valence-corrected chi connectivity index (χ1v) is 3.63. The summed E-state index contributed by atoms with van der Waals surface area (Å²) in [5.74, 6) is -1.77.